The van der Waals surface area contributed by atoms with E-state index in [1.165, 1.54) is 22.6 Å². The van der Waals surface area contributed by atoms with Crippen molar-refractivity contribution in [3.05, 3.63) is 56.4 Å². The van der Waals surface area contributed by atoms with Crippen molar-refractivity contribution in [1.82, 2.24) is 14.9 Å². The highest BCUT2D eigenvalue weighted by Gasteiger charge is 2.23. The standard InChI is InChI=1S/C22H26N4O2S/c1-14-18-21(24-17-7-5-13-26(17)22(18)28)29-19(14)20(27)23-12-4-6-15-8-10-16(11-9-15)25(2)3/h8-11H,4-7,12-13H2,1-3H3,(H,23,27). The van der Waals surface area contributed by atoms with E-state index >= 15 is 0 Å². The van der Waals surface area contributed by atoms with Crippen LogP contribution in [0.1, 0.15) is 39.5 Å². The Balaban J connectivity index is 1.40. The van der Waals surface area contributed by atoms with Crippen LogP contribution in [0, 0.1) is 6.92 Å². The molecule has 6 nitrogen and oxygen atoms in total. The summed E-state index contributed by atoms with van der Waals surface area (Å²) in [5, 5.41) is 3.61. The Morgan fingerprint density at radius 2 is 2.03 bits per heavy atom. The number of amides is 1. The summed E-state index contributed by atoms with van der Waals surface area (Å²) in [5.74, 6) is 0.731. The highest BCUT2D eigenvalue weighted by molar-refractivity contribution is 7.20. The molecule has 0 saturated heterocycles. The lowest BCUT2D eigenvalue weighted by Gasteiger charge is -2.12. The van der Waals surface area contributed by atoms with Crippen LogP contribution >= 0.6 is 11.3 Å². The Kier molecular flexibility index (Phi) is 5.41. The molecule has 1 aliphatic heterocycles. The van der Waals surface area contributed by atoms with E-state index in [1.807, 2.05) is 21.0 Å². The molecule has 29 heavy (non-hydrogen) atoms. The molecule has 4 rings (SSSR count). The summed E-state index contributed by atoms with van der Waals surface area (Å²) in [5.41, 5.74) is 3.19. The minimum absolute atomic E-state index is 0.00327. The second-order valence-corrected chi connectivity index (χ2v) is 8.74. The van der Waals surface area contributed by atoms with Crippen LogP contribution in [0.4, 0.5) is 5.69 Å². The lowest BCUT2D eigenvalue weighted by Crippen LogP contribution is -2.25. The van der Waals surface area contributed by atoms with Crippen molar-refractivity contribution in [2.24, 2.45) is 0 Å². The Labute approximate surface area is 174 Å². The molecule has 0 unspecified atom stereocenters. The first-order valence-electron chi connectivity index (χ1n) is 10.0. The van der Waals surface area contributed by atoms with Crippen LogP contribution in [0.15, 0.2) is 29.1 Å². The summed E-state index contributed by atoms with van der Waals surface area (Å²) in [6, 6.07) is 8.48. The monoisotopic (exact) mass is 410 g/mol. The van der Waals surface area contributed by atoms with Crippen molar-refractivity contribution in [3.8, 4) is 0 Å². The van der Waals surface area contributed by atoms with E-state index < -0.39 is 0 Å². The van der Waals surface area contributed by atoms with Gasteiger partial charge in [-0.1, -0.05) is 12.1 Å². The molecule has 7 heteroatoms. The van der Waals surface area contributed by atoms with Crippen LogP contribution in [-0.4, -0.2) is 36.1 Å². The van der Waals surface area contributed by atoms with Gasteiger partial charge in [0, 0.05) is 39.3 Å². The van der Waals surface area contributed by atoms with Gasteiger partial charge in [0.2, 0.25) is 0 Å². The van der Waals surface area contributed by atoms with Crippen LogP contribution in [-0.2, 0) is 19.4 Å². The molecule has 2 aromatic heterocycles. The first-order chi connectivity index (χ1) is 14.0. The number of nitrogens with one attached hydrogen (secondary N) is 1. The maximum atomic E-state index is 12.8. The van der Waals surface area contributed by atoms with Crippen molar-refractivity contribution in [1.29, 1.82) is 0 Å². The van der Waals surface area contributed by atoms with Gasteiger partial charge in [0.25, 0.3) is 11.5 Å². The molecule has 0 bridgehead atoms. The van der Waals surface area contributed by atoms with Crippen LogP contribution < -0.4 is 15.8 Å². The smallest absolute Gasteiger partial charge is 0.262 e. The number of rotatable bonds is 6. The van der Waals surface area contributed by atoms with Crippen molar-refractivity contribution >= 4 is 33.1 Å². The molecule has 0 saturated carbocycles. The molecule has 152 valence electrons. The van der Waals surface area contributed by atoms with E-state index in [1.54, 1.807) is 4.57 Å². The Bertz CT molecular complexity index is 1110. The largest absolute Gasteiger partial charge is 0.378 e. The van der Waals surface area contributed by atoms with E-state index in [0.717, 1.165) is 43.6 Å². The van der Waals surface area contributed by atoms with Crippen LogP contribution in [0.5, 0.6) is 0 Å². The van der Waals surface area contributed by atoms with E-state index in [-0.39, 0.29) is 11.5 Å². The zero-order chi connectivity index (χ0) is 20.5. The number of thiophene rings is 1. The van der Waals surface area contributed by atoms with Gasteiger partial charge in [-0.3, -0.25) is 14.2 Å². The molecular weight excluding hydrogens is 384 g/mol. The van der Waals surface area contributed by atoms with Crippen molar-refractivity contribution in [2.75, 3.05) is 25.5 Å². The first kappa shape index (κ1) is 19.6. The number of hydrogen-bond donors (Lipinski definition) is 1. The summed E-state index contributed by atoms with van der Waals surface area (Å²) in [6.07, 6.45) is 3.57. The van der Waals surface area contributed by atoms with Crippen LogP contribution in [0.3, 0.4) is 0 Å². The number of anilines is 1. The number of aryl methyl sites for hydroxylation is 3. The number of carbonyl (C=O) groups excluding carboxylic acids is 1. The average molecular weight is 411 g/mol. The number of fused-ring (bicyclic) bond motifs is 2. The SMILES string of the molecule is Cc1c(C(=O)NCCCc2ccc(N(C)C)cc2)sc2nc3n(c(=O)c12)CCC3. The summed E-state index contributed by atoms with van der Waals surface area (Å²) < 4.78 is 1.76. The van der Waals surface area contributed by atoms with Gasteiger partial charge >= 0.3 is 0 Å². The number of aromatic nitrogens is 2. The molecule has 0 aliphatic carbocycles. The normalized spacial score (nSPS) is 12.9. The second-order valence-electron chi connectivity index (χ2n) is 7.75. The highest BCUT2D eigenvalue weighted by atomic mass is 32.1. The van der Waals surface area contributed by atoms with Crippen molar-refractivity contribution < 1.29 is 4.79 Å². The predicted octanol–water partition coefficient (Wildman–Crippen LogP) is 3.14. The molecule has 0 spiro atoms. The van der Waals surface area contributed by atoms with E-state index in [2.05, 4.69) is 39.5 Å². The summed E-state index contributed by atoms with van der Waals surface area (Å²) in [6.45, 7) is 3.18. The van der Waals surface area contributed by atoms with Gasteiger partial charge in [-0.2, -0.15) is 0 Å². The average Bonchev–Trinajstić information content (AvgIpc) is 3.30. The first-order valence-corrected chi connectivity index (χ1v) is 10.8. The Morgan fingerprint density at radius 1 is 1.28 bits per heavy atom. The second kappa shape index (κ2) is 7.99. The van der Waals surface area contributed by atoms with Crippen molar-refractivity contribution in [2.45, 2.75) is 39.2 Å². The summed E-state index contributed by atoms with van der Waals surface area (Å²) in [4.78, 5) is 33.4. The van der Waals surface area contributed by atoms with Crippen LogP contribution in [0.25, 0.3) is 10.2 Å². The minimum atomic E-state index is -0.113. The molecule has 1 aliphatic rings. The third kappa shape index (κ3) is 3.79. The third-order valence-electron chi connectivity index (χ3n) is 5.50. The molecule has 1 N–H and O–H groups in total. The third-order valence-corrected chi connectivity index (χ3v) is 6.68. The fourth-order valence-electron chi connectivity index (χ4n) is 3.83. The van der Waals surface area contributed by atoms with Gasteiger partial charge in [-0.15, -0.1) is 11.3 Å². The molecule has 3 heterocycles. The zero-order valence-electron chi connectivity index (χ0n) is 17.1. The predicted molar refractivity (Wildman–Crippen MR) is 118 cm³/mol. The minimum Gasteiger partial charge on any atom is -0.378 e. The molecule has 0 fully saturated rings. The number of nitrogens with zero attached hydrogens (tertiary/aromatic N) is 3. The van der Waals surface area contributed by atoms with Gasteiger partial charge in [0.15, 0.2) is 0 Å². The topological polar surface area (TPSA) is 67.2 Å². The molecule has 1 amide bonds. The molecule has 3 aromatic rings. The number of hydrogen-bond acceptors (Lipinski definition) is 5. The van der Waals surface area contributed by atoms with Gasteiger partial charge in [-0.05, 0) is 49.4 Å². The van der Waals surface area contributed by atoms with Crippen LogP contribution in [0.2, 0.25) is 0 Å². The fourth-order valence-corrected chi connectivity index (χ4v) is 4.93. The lowest BCUT2D eigenvalue weighted by atomic mass is 10.1. The maximum Gasteiger partial charge on any atom is 0.262 e. The Morgan fingerprint density at radius 3 is 2.76 bits per heavy atom. The molecule has 1 aromatic carbocycles. The fraction of sp³-hybridized carbons (Fsp3) is 0.409. The van der Waals surface area contributed by atoms with E-state index in [0.29, 0.717) is 21.6 Å². The van der Waals surface area contributed by atoms with Gasteiger partial charge < -0.3 is 10.2 Å². The summed E-state index contributed by atoms with van der Waals surface area (Å²) in [7, 11) is 4.05. The van der Waals surface area contributed by atoms with E-state index in [9.17, 15) is 9.59 Å². The molecular formula is C22H26N4O2S. The van der Waals surface area contributed by atoms with Gasteiger partial charge in [0.1, 0.15) is 10.7 Å². The summed E-state index contributed by atoms with van der Waals surface area (Å²) >= 11 is 1.33. The van der Waals surface area contributed by atoms with Gasteiger partial charge in [0.05, 0.1) is 10.3 Å². The highest BCUT2D eigenvalue weighted by Crippen LogP contribution is 2.28. The zero-order valence-corrected chi connectivity index (χ0v) is 17.9. The molecule has 0 radical (unpaired) electrons. The number of benzene rings is 1. The molecule has 0 atom stereocenters. The number of carbonyl (C=O) groups is 1. The Hall–Kier alpha value is -2.67. The van der Waals surface area contributed by atoms with Gasteiger partial charge in [-0.25, -0.2) is 4.98 Å². The maximum absolute atomic E-state index is 12.8. The van der Waals surface area contributed by atoms with Crippen molar-refractivity contribution in [3.63, 3.8) is 0 Å². The van der Waals surface area contributed by atoms with E-state index in [4.69, 9.17) is 0 Å². The lowest BCUT2D eigenvalue weighted by molar-refractivity contribution is 0.0957. The quantitative estimate of drug-likeness (QED) is 0.634.